The number of aromatic nitrogens is 1. The molecule has 5 nitrogen and oxygen atoms in total. The maximum absolute atomic E-state index is 10.9. The molecule has 1 saturated heterocycles. The van der Waals surface area contributed by atoms with Gasteiger partial charge in [0.05, 0.1) is 11.8 Å². The number of hydrogen-bond acceptors (Lipinski definition) is 5. The Morgan fingerprint density at radius 1 is 0.903 bits per heavy atom. The van der Waals surface area contributed by atoms with Crippen molar-refractivity contribution in [2.45, 2.75) is 32.6 Å². The lowest BCUT2D eigenvalue weighted by atomic mass is 10.0. The highest BCUT2D eigenvalue weighted by atomic mass is 16.5. The third-order valence-electron chi connectivity index (χ3n) is 5.61. The minimum absolute atomic E-state index is 0.193. The van der Waals surface area contributed by atoms with E-state index >= 15 is 0 Å². The van der Waals surface area contributed by atoms with Gasteiger partial charge in [-0.15, -0.1) is 0 Å². The van der Waals surface area contributed by atoms with E-state index in [4.69, 9.17) is 4.74 Å². The Labute approximate surface area is 184 Å². The number of nitrogens with zero attached hydrogens (tertiary/aromatic N) is 3. The minimum atomic E-state index is -0.720. The second kappa shape index (κ2) is 9.94. The number of aliphatic hydroxyl groups is 1. The monoisotopic (exact) mass is 417 g/mol. The normalized spacial score (nSPS) is 15.8. The number of hydrogen-bond donors (Lipinski definition) is 1. The van der Waals surface area contributed by atoms with Crippen LogP contribution in [0.4, 0.5) is 5.69 Å². The molecule has 1 aliphatic heterocycles. The van der Waals surface area contributed by atoms with Crippen LogP contribution in [0.25, 0.3) is 0 Å². The summed E-state index contributed by atoms with van der Waals surface area (Å²) in [6, 6.07) is 22.2. The standard InChI is InChI=1S/C26H31N3O2/c1-20(2)31-22-12-10-21(11-13-22)19-28-15-17-29(18-16-28)25-9-4-3-7-23(25)26(30)24-8-5-6-14-27-24/h3-14,20,26,30H,15-19H2,1-2H3. The molecule has 162 valence electrons. The molecule has 0 saturated carbocycles. The number of pyridine rings is 1. The van der Waals surface area contributed by atoms with Gasteiger partial charge in [0.2, 0.25) is 0 Å². The van der Waals surface area contributed by atoms with Crippen LogP contribution >= 0.6 is 0 Å². The summed E-state index contributed by atoms with van der Waals surface area (Å²) in [4.78, 5) is 9.19. The van der Waals surface area contributed by atoms with Crippen molar-refractivity contribution in [3.05, 3.63) is 89.7 Å². The van der Waals surface area contributed by atoms with Crippen molar-refractivity contribution in [3.8, 4) is 5.75 Å². The van der Waals surface area contributed by atoms with E-state index in [1.54, 1.807) is 6.20 Å². The Bertz CT molecular complexity index is 952. The molecule has 1 fully saturated rings. The average molecular weight is 418 g/mol. The zero-order chi connectivity index (χ0) is 21.6. The summed E-state index contributed by atoms with van der Waals surface area (Å²) >= 11 is 0. The van der Waals surface area contributed by atoms with Crippen molar-refractivity contribution in [3.63, 3.8) is 0 Å². The SMILES string of the molecule is CC(C)Oc1ccc(CN2CCN(c3ccccc3C(O)c3ccccn3)CC2)cc1. The minimum Gasteiger partial charge on any atom is -0.491 e. The summed E-state index contributed by atoms with van der Waals surface area (Å²) in [7, 11) is 0. The lowest BCUT2D eigenvalue weighted by Crippen LogP contribution is -2.46. The van der Waals surface area contributed by atoms with E-state index < -0.39 is 6.10 Å². The molecule has 1 N–H and O–H groups in total. The van der Waals surface area contributed by atoms with E-state index in [9.17, 15) is 5.11 Å². The number of para-hydroxylation sites is 1. The second-order valence-electron chi connectivity index (χ2n) is 8.29. The Kier molecular flexibility index (Phi) is 6.85. The van der Waals surface area contributed by atoms with Gasteiger partial charge >= 0.3 is 0 Å². The van der Waals surface area contributed by atoms with Gasteiger partial charge in [0, 0.05) is 50.2 Å². The average Bonchev–Trinajstić information content (AvgIpc) is 2.81. The summed E-state index contributed by atoms with van der Waals surface area (Å²) in [5.41, 5.74) is 3.99. The Balaban J connectivity index is 1.38. The van der Waals surface area contributed by atoms with Gasteiger partial charge in [0.1, 0.15) is 11.9 Å². The van der Waals surface area contributed by atoms with Gasteiger partial charge < -0.3 is 14.7 Å². The Morgan fingerprint density at radius 2 is 1.61 bits per heavy atom. The van der Waals surface area contributed by atoms with E-state index in [2.05, 4.69) is 45.1 Å². The summed E-state index contributed by atoms with van der Waals surface area (Å²) in [5.74, 6) is 0.923. The van der Waals surface area contributed by atoms with Crippen LogP contribution in [0.3, 0.4) is 0 Å². The summed E-state index contributed by atoms with van der Waals surface area (Å²) in [6.07, 6.45) is 1.20. The molecule has 5 heteroatoms. The number of piperazine rings is 1. The van der Waals surface area contributed by atoms with Gasteiger partial charge in [-0.1, -0.05) is 36.4 Å². The molecule has 1 aliphatic rings. The van der Waals surface area contributed by atoms with E-state index in [-0.39, 0.29) is 6.10 Å². The molecule has 2 aromatic carbocycles. The highest BCUT2D eigenvalue weighted by Gasteiger charge is 2.22. The maximum atomic E-state index is 10.9. The van der Waals surface area contributed by atoms with Crippen LogP contribution in [0.2, 0.25) is 0 Å². The van der Waals surface area contributed by atoms with Gasteiger partial charge in [-0.3, -0.25) is 9.88 Å². The first-order chi connectivity index (χ1) is 15.1. The fourth-order valence-corrected chi connectivity index (χ4v) is 4.05. The summed E-state index contributed by atoms with van der Waals surface area (Å²) in [6.45, 7) is 8.85. The Morgan fingerprint density at radius 3 is 2.29 bits per heavy atom. The number of aliphatic hydroxyl groups excluding tert-OH is 1. The Hall–Kier alpha value is -2.89. The first-order valence-corrected chi connectivity index (χ1v) is 11.0. The van der Waals surface area contributed by atoms with Gasteiger partial charge in [-0.2, -0.15) is 0 Å². The van der Waals surface area contributed by atoms with E-state index in [0.717, 1.165) is 49.7 Å². The van der Waals surface area contributed by atoms with Crippen LogP contribution in [0.5, 0.6) is 5.75 Å². The molecule has 1 unspecified atom stereocenters. The molecule has 1 aromatic heterocycles. The molecular weight excluding hydrogens is 386 g/mol. The highest BCUT2D eigenvalue weighted by Crippen LogP contribution is 2.30. The molecule has 0 aliphatic carbocycles. The van der Waals surface area contributed by atoms with Gasteiger partial charge in [-0.25, -0.2) is 0 Å². The molecule has 0 amide bonds. The summed E-state index contributed by atoms with van der Waals surface area (Å²) < 4.78 is 5.74. The van der Waals surface area contributed by atoms with Crippen LogP contribution in [0.15, 0.2) is 72.9 Å². The van der Waals surface area contributed by atoms with E-state index in [1.807, 2.05) is 50.2 Å². The number of rotatable bonds is 7. The quantitative estimate of drug-likeness (QED) is 0.622. The number of ether oxygens (including phenoxy) is 1. The molecule has 1 atom stereocenters. The van der Waals surface area contributed by atoms with Crippen molar-refractivity contribution in [2.24, 2.45) is 0 Å². The molecule has 3 aromatic rings. The fraction of sp³-hybridized carbons (Fsp3) is 0.346. The van der Waals surface area contributed by atoms with Crippen LogP contribution in [0.1, 0.15) is 36.8 Å². The molecule has 4 rings (SSSR count). The molecule has 0 radical (unpaired) electrons. The first kappa shape index (κ1) is 21.3. The van der Waals surface area contributed by atoms with Crippen LogP contribution in [0, 0.1) is 0 Å². The van der Waals surface area contributed by atoms with Crippen LogP contribution < -0.4 is 9.64 Å². The van der Waals surface area contributed by atoms with Crippen LogP contribution in [-0.4, -0.2) is 47.3 Å². The predicted molar refractivity (Wildman–Crippen MR) is 124 cm³/mol. The number of anilines is 1. The third kappa shape index (κ3) is 5.43. The van der Waals surface area contributed by atoms with Gasteiger partial charge in [0.25, 0.3) is 0 Å². The second-order valence-corrected chi connectivity index (χ2v) is 8.29. The molecule has 2 heterocycles. The van der Waals surface area contributed by atoms with Crippen molar-refractivity contribution in [1.82, 2.24) is 9.88 Å². The van der Waals surface area contributed by atoms with Gasteiger partial charge in [-0.05, 0) is 49.7 Å². The fourth-order valence-electron chi connectivity index (χ4n) is 4.05. The summed E-state index contributed by atoms with van der Waals surface area (Å²) in [5, 5.41) is 10.9. The van der Waals surface area contributed by atoms with Crippen LogP contribution in [-0.2, 0) is 6.54 Å². The van der Waals surface area contributed by atoms with E-state index in [1.165, 1.54) is 5.56 Å². The molecule has 31 heavy (non-hydrogen) atoms. The van der Waals surface area contributed by atoms with Crippen molar-refractivity contribution in [2.75, 3.05) is 31.1 Å². The molecular formula is C26H31N3O2. The highest BCUT2D eigenvalue weighted by molar-refractivity contribution is 5.56. The lowest BCUT2D eigenvalue weighted by molar-refractivity contribution is 0.214. The van der Waals surface area contributed by atoms with Crippen molar-refractivity contribution < 1.29 is 9.84 Å². The topological polar surface area (TPSA) is 48.8 Å². The third-order valence-corrected chi connectivity index (χ3v) is 5.61. The lowest BCUT2D eigenvalue weighted by Gasteiger charge is -2.37. The smallest absolute Gasteiger partial charge is 0.123 e. The first-order valence-electron chi connectivity index (χ1n) is 11.0. The molecule has 0 bridgehead atoms. The molecule has 0 spiro atoms. The van der Waals surface area contributed by atoms with Gasteiger partial charge in [0.15, 0.2) is 0 Å². The van der Waals surface area contributed by atoms with Crippen molar-refractivity contribution in [1.29, 1.82) is 0 Å². The van der Waals surface area contributed by atoms with E-state index in [0.29, 0.717) is 5.69 Å². The zero-order valence-electron chi connectivity index (χ0n) is 18.3. The number of benzene rings is 2. The predicted octanol–water partition coefficient (Wildman–Crippen LogP) is 4.27. The largest absolute Gasteiger partial charge is 0.491 e. The van der Waals surface area contributed by atoms with Crippen molar-refractivity contribution >= 4 is 5.69 Å². The maximum Gasteiger partial charge on any atom is 0.123 e. The zero-order valence-corrected chi connectivity index (χ0v) is 18.3.